The van der Waals surface area contributed by atoms with Crippen molar-refractivity contribution in [2.75, 3.05) is 0 Å². The Morgan fingerprint density at radius 1 is 1.24 bits per heavy atom. The molecule has 1 aliphatic rings. The number of allylic oxidation sites excluding steroid dienone is 1. The largest absolute Gasteiger partial charge is 0.457 e. The average molecular weight is 492 g/mol. The summed E-state index contributed by atoms with van der Waals surface area (Å²) in [5.41, 5.74) is 1.71. The molecular formula is C27H41NO5S. The van der Waals surface area contributed by atoms with Crippen LogP contribution in [-0.4, -0.2) is 45.3 Å². The van der Waals surface area contributed by atoms with Gasteiger partial charge in [0.25, 0.3) is 0 Å². The van der Waals surface area contributed by atoms with Crippen LogP contribution in [0, 0.1) is 24.2 Å². The number of aromatic nitrogens is 1. The van der Waals surface area contributed by atoms with Crippen molar-refractivity contribution in [1.29, 1.82) is 0 Å². The molecule has 0 aromatic carbocycles. The molecule has 190 valence electrons. The quantitative estimate of drug-likeness (QED) is 0.432. The minimum Gasteiger partial charge on any atom is -0.457 e. The lowest BCUT2D eigenvalue weighted by molar-refractivity contribution is -0.160. The maximum absolute atomic E-state index is 13.1. The highest BCUT2D eigenvalue weighted by Crippen LogP contribution is 2.32. The summed E-state index contributed by atoms with van der Waals surface area (Å²) in [5, 5.41) is 24.5. The topological polar surface area (TPSA) is 96.7 Å². The molecule has 0 bridgehead atoms. The molecule has 6 nitrogen and oxygen atoms in total. The van der Waals surface area contributed by atoms with Crippen LogP contribution in [0.1, 0.15) is 84.3 Å². The Hall–Kier alpha value is -1.83. The van der Waals surface area contributed by atoms with Gasteiger partial charge in [-0.1, -0.05) is 32.4 Å². The first-order valence-electron chi connectivity index (χ1n) is 12.2. The molecule has 1 unspecified atom stereocenters. The van der Waals surface area contributed by atoms with Crippen molar-refractivity contribution in [1.82, 2.24) is 4.98 Å². The van der Waals surface area contributed by atoms with E-state index < -0.39 is 35.6 Å². The van der Waals surface area contributed by atoms with Gasteiger partial charge in [0.1, 0.15) is 11.9 Å². The molecule has 0 fully saturated rings. The summed E-state index contributed by atoms with van der Waals surface area (Å²) in [6.07, 6.45) is 4.59. The van der Waals surface area contributed by atoms with E-state index in [2.05, 4.69) is 18.0 Å². The molecule has 1 aromatic heterocycles. The van der Waals surface area contributed by atoms with Crippen LogP contribution in [0.5, 0.6) is 0 Å². The molecule has 0 amide bonds. The fraction of sp³-hybridized carbons (Fsp3) is 0.667. The molecule has 0 radical (unpaired) electrons. The molecule has 34 heavy (non-hydrogen) atoms. The number of aliphatic hydroxyl groups is 2. The second-order valence-corrected chi connectivity index (χ2v) is 11.5. The fourth-order valence-electron chi connectivity index (χ4n) is 4.23. The van der Waals surface area contributed by atoms with Crippen molar-refractivity contribution in [3.05, 3.63) is 33.3 Å². The smallest absolute Gasteiger partial charge is 0.311 e. The van der Waals surface area contributed by atoms with Crippen molar-refractivity contribution in [3.63, 3.8) is 0 Å². The molecule has 0 saturated heterocycles. The van der Waals surface area contributed by atoms with Gasteiger partial charge in [0, 0.05) is 18.2 Å². The molecular weight excluding hydrogens is 450 g/mol. The van der Waals surface area contributed by atoms with Crippen molar-refractivity contribution < 1.29 is 24.5 Å². The molecule has 7 heteroatoms. The monoisotopic (exact) mass is 491 g/mol. The molecule has 0 spiro atoms. The van der Waals surface area contributed by atoms with Crippen LogP contribution in [0.4, 0.5) is 0 Å². The first-order valence-corrected chi connectivity index (χ1v) is 13.1. The standard InChI is InChI=1S/C27H41NO5S/c1-16-9-8-10-17(2)22(29)14-24(30)27(6,7)25(31)19(4)26(32)33-23(12-11-16)18(3)13-21-15-34-20(5)28-21/h11,13,15,17,19,22-23,25,29,31H,8-10,12,14H2,1-7H3/b16-11-,18-13+/t17-,19?,22+,23-,25-/m0/s1. The number of ether oxygens (including phenoxy) is 1. The first kappa shape index (κ1) is 28.4. The van der Waals surface area contributed by atoms with Crippen LogP contribution in [-0.2, 0) is 14.3 Å². The highest BCUT2D eigenvalue weighted by atomic mass is 32.1. The summed E-state index contributed by atoms with van der Waals surface area (Å²) in [7, 11) is 0. The van der Waals surface area contributed by atoms with Crippen molar-refractivity contribution in [2.45, 2.75) is 98.9 Å². The Morgan fingerprint density at radius 2 is 1.91 bits per heavy atom. The molecule has 0 saturated carbocycles. The molecule has 2 N–H and O–H groups in total. The molecule has 1 aromatic rings. The van der Waals surface area contributed by atoms with Crippen LogP contribution < -0.4 is 0 Å². The first-order chi connectivity index (χ1) is 15.8. The highest BCUT2D eigenvalue weighted by molar-refractivity contribution is 7.09. The van der Waals surface area contributed by atoms with E-state index in [0.29, 0.717) is 6.42 Å². The van der Waals surface area contributed by atoms with Crippen LogP contribution in [0.3, 0.4) is 0 Å². The predicted molar refractivity (Wildman–Crippen MR) is 136 cm³/mol. The van der Waals surface area contributed by atoms with E-state index in [1.54, 1.807) is 32.1 Å². The predicted octanol–water partition coefficient (Wildman–Crippen LogP) is 5.27. The molecule has 0 aliphatic carbocycles. The van der Waals surface area contributed by atoms with E-state index in [9.17, 15) is 19.8 Å². The summed E-state index contributed by atoms with van der Waals surface area (Å²) < 4.78 is 5.89. The van der Waals surface area contributed by atoms with Gasteiger partial charge < -0.3 is 14.9 Å². The summed E-state index contributed by atoms with van der Waals surface area (Å²) >= 11 is 1.56. The van der Waals surface area contributed by atoms with Gasteiger partial charge in [-0.15, -0.1) is 11.3 Å². The number of hydrogen-bond acceptors (Lipinski definition) is 7. The number of nitrogens with zero attached hydrogens (tertiary/aromatic N) is 1. The zero-order valence-corrected chi connectivity index (χ0v) is 22.4. The zero-order valence-electron chi connectivity index (χ0n) is 21.6. The van der Waals surface area contributed by atoms with Gasteiger partial charge in [-0.05, 0) is 64.5 Å². The lowest BCUT2D eigenvalue weighted by Crippen LogP contribution is -2.45. The Labute approximate surface area is 208 Å². The van der Waals surface area contributed by atoms with E-state index in [1.165, 1.54) is 5.57 Å². The Bertz CT molecular complexity index is 916. The lowest BCUT2D eigenvalue weighted by Gasteiger charge is -2.34. The summed E-state index contributed by atoms with van der Waals surface area (Å²) in [6, 6.07) is 0. The second kappa shape index (κ2) is 12.2. The Kier molecular flexibility index (Phi) is 10.2. The van der Waals surface area contributed by atoms with E-state index in [0.717, 1.165) is 35.5 Å². The van der Waals surface area contributed by atoms with Gasteiger partial charge in [-0.3, -0.25) is 9.59 Å². The van der Waals surface area contributed by atoms with Crippen molar-refractivity contribution >= 4 is 29.2 Å². The Morgan fingerprint density at radius 3 is 2.53 bits per heavy atom. The van der Waals surface area contributed by atoms with Gasteiger partial charge >= 0.3 is 5.97 Å². The van der Waals surface area contributed by atoms with Gasteiger partial charge in [0.15, 0.2) is 0 Å². The maximum Gasteiger partial charge on any atom is 0.311 e. The van der Waals surface area contributed by atoms with Crippen LogP contribution in [0.25, 0.3) is 6.08 Å². The number of cyclic esters (lactones) is 1. The Balaban J connectivity index is 2.36. The lowest BCUT2D eigenvalue weighted by atomic mass is 9.74. The summed E-state index contributed by atoms with van der Waals surface area (Å²) in [4.78, 5) is 30.5. The number of rotatable bonds is 2. The number of carbonyl (C=O) groups excluding carboxylic acids is 2. The van der Waals surface area contributed by atoms with Crippen LogP contribution in [0.15, 0.2) is 22.6 Å². The average Bonchev–Trinajstić information content (AvgIpc) is 3.18. The SMILES string of the molecule is C/C1=C/C[C@@H](/C(C)=C/c2csc(C)n2)OC(=O)C(C)[C@H](O)C(C)(C)C(=O)C[C@@H](O)[C@@H](C)CCC1. The number of Topliss-reactive ketones (excluding diaryl/α,β-unsaturated/α-hetero) is 1. The molecule has 5 atom stereocenters. The number of hydrogen-bond donors (Lipinski definition) is 2. The summed E-state index contributed by atoms with van der Waals surface area (Å²) in [5.74, 6) is -1.73. The van der Waals surface area contributed by atoms with Crippen LogP contribution in [0.2, 0.25) is 0 Å². The van der Waals surface area contributed by atoms with Gasteiger partial charge in [0.05, 0.1) is 34.2 Å². The fourth-order valence-corrected chi connectivity index (χ4v) is 4.80. The third-order valence-electron chi connectivity index (χ3n) is 7.04. The normalized spacial score (nSPS) is 32.1. The number of thiazole rings is 1. The highest BCUT2D eigenvalue weighted by Gasteiger charge is 2.42. The number of ketones is 1. The molecule has 1 aliphatic heterocycles. The molecule has 2 rings (SSSR count). The zero-order chi connectivity index (χ0) is 25.6. The summed E-state index contributed by atoms with van der Waals surface area (Å²) in [6.45, 7) is 12.7. The number of aryl methyl sites for hydroxylation is 1. The minimum absolute atomic E-state index is 0.0283. The van der Waals surface area contributed by atoms with Gasteiger partial charge in [-0.25, -0.2) is 4.98 Å². The van der Waals surface area contributed by atoms with E-state index in [1.807, 2.05) is 32.2 Å². The van der Waals surface area contributed by atoms with Crippen LogP contribution >= 0.6 is 11.3 Å². The third-order valence-corrected chi connectivity index (χ3v) is 7.84. The second-order valence-electron chi connectivity index (χ2n) is 10.4. The number of esters is 1. The van der Waals surface area contributed by atoms with Crippen molar-refractivity contribution in [3.8, 4) is 0 Å². The maximum atomic E-state index is 13.1. The van der Waals surface area contributed by atoms with Gasteiger partial charge in [0.2, 0.25) is 0 Å². The minimum atomic E-state index is -1.23. The molecule has 2 heterocycles. The third kappa shape index (κ3) is 7.59. The van der Waals surface area contributed by atoms with E-state index >= 15 is 0 Å². The number of carbonyl (C=O) groups is 2. The van der Waals surface area contributed by atoms with E-state index in [-0.39, 0.29) is 18.1 Å². The van der Waals surface area contributed by atoms with Crippen molar-refractivity contribution in [2.24, 2.45) is 17.3 Å². The number of aliphatic hydroxyl groups excluding tert-OH is 2. The van der Waals surface area contributed by atoms with Gasteiger partial charge in [-0.2, -0.15) is 0 Å². The van der Waals surface area contributed by atoms with E-state index in [4.69, 9.17) is 4.74 Å².